The van der Waals surface area contributed by atoms with Gasteiger partial charge in [0.1, 0.15) is 5.82 Å². The van der Waals surface area contributed by atoms with Crippen molar-refractivity contribution in [1.29, 1.82) is 0 Å². The molecule has 1 fully saturated rings. The molecule has 4 nitrogen and oxygen atoms in total. The number of anilines is 1. The highest BCUT2D eigenvalue weighted by Crippen LogP contribution is 2.27. The van der Waals surface area contributed by atoms with Gasteiger partial charge in [0.05, 0.1) is 11.6 Å². The van der Waals surface area contributed by atoms with Gasteiger partial charge in [-0.25, -0.2) is 4.98 Å². The maximum Gasteiger partial charge on any atom is 0.132 e. The summed E-state index contributed by atoms with van der Waals surface area (Å²) in [5.41, 5.74) is 8.09. The SMILES string of the molecule is COC1CCN(c2nc3ccccc3cc2CCN)CC1. The fourth-order valence-corrected chi connectivity index (χ4v) is 3.07. The van der Waals surface area contributed by atoms with Crippen molar-refractivity contribution in [2.24, 2.45) is 5.73 Å². The van der Waals surface area contributed by atoms with E-state index in [2.05, 4.69) is 29.2 Å². The van der Waals surface area contributed by atoms with Crippen LogP contribution in [-0.4, -0.2) is 37.8 Å². The number of nitrogens with two attached hydrogens (primary N) is 1. The fourth-order valence-electron chi connectivity index (χ4n) is 3.07. The molecule has 0 spiro atoms. The molecule has 2 heterocycles. The first-order valence-corrected chi connectivity index (χ1v) is 7.68. The van der Waals surface area contributed by atoms with Crippen molar-refractivity contribution in [3.63, 3.8) is 0 Å². The number of aromatic nitrogens is 1. The third kappa shape index (κ3) is 3.01. The molecule has 2 aromatic rings. The predicted molar refractivity (Wildman–Crippen MR) is 86.7 cm³/mol. The van der Waals surface area contributed by atoms with Crippen LogP contribution in [0.4, 0.5) is 5.82 Å². The Morgan fingerprint density at radius 1 is 1.29 bits per heavy atom. The van der Waals surface area contributed by atoms with Gasteiger partial charge in [-0.2, -0.15) is 0 Å². The topological polar surface area (TPSA) is 51.4 Å². The van der Waals surface area contributed by atoms with Gasteiger partial charge in [-0.3, -0.25) is 0 Å². The molecule has 0 amide bonds. The highest BCUT2D eigenvalue weighted by molar-refractivity contribution is 5.81. The summed E-state index contributed by atoms with van der Waals surface area (Å²) in [6.45, 7) is 2.66. The summed E-state index contributed by atoms with van der Waals surface area (Å²) < 4.78 is 5.46. The van der Waals surface area contributed by atoms with Crippen LogP contribution in [0, 0.1) is 0 Å². The molecule has 1 saturated heterocycles. The highest BCUT2D eigenvalue weighted by Gasteiger charge is 2.21. The van der Waals surface area contributed by atoms with Crippen molar-refractivity contribution >= 4 is 16.7 Å². The zero-order valence-electron chi connectivity index (χ0n) is 12.6. The largest absolute Gasteiger partial charge is 0.381 e. The maximum absolute atomic E-state index is 5.78. The van der Waals surface area contributed by atoms with E-state index in [-0.39, 0.29) is 0 Å². The monoisotopic (exact) mass is 285 g/mol. The molecule has 112 valence electrons. The lowest BCUT2D eigenvalue weighted by molar-refractivity contribution is 0.0818. The van der Waals surface area contributed by atoms with Crippen LogP contribution >= 0.6 is 0 Å². The van der Waals surface area contributed by atoms with Crippen molar-refractivity contribution in [2.75, 3.05) is 31.6 Å². The first-order chi connectivity index (χ1) is 10.3. The van der Waals surface area contributed by atoms with Crippen LogP contribution in [0.3, 0.4) is 0 Å². The summed E-state index contributed by atoms with van der Waals surface area (Å²) in [7, 11) is 1.80. The second kappa shape index (κ2) is 6.41. The molecule has 1 aliphatic heterocycles. The minimum atomic E-state index is 0.389. The quantitative estimate of drug-likeness (QED) is 0.937. The van der Waals surface area contributed by atoms with E-state index in [9.17, 15) is 0 Å². The number of ether oxygens (including phenoxy) is 1. The van der Waals surface area contributed by atoms with Crippen LogP contribution in [-0.2, 0) is 11.2 Å². The number of benzene rings is 1. The summed E-state index contributed by atoms with van der Waals surface area (Å²) in [6, 6.07) is 10.5. The molecule has 4 heteroatoms. The average Bonchev–Trinajstić information content (AvgIpc) is 2.55. The minimum absolute atomic E-state index is 0.389. The molecule has 0 aliphatic carbocycles. The van der Waals surface area contributed by atoms with Gasteiger partial charge in [0, 0.05) is 25.6 Å². The first kappa shape index (κ1) is 14.3. The molecule has 0 bridgehead atoms. The Labute approximate surface area is 125 Å². The number of nitrogens with zero attached hydrogens (tertiary/aromatic N) is 2. The van der Waals surface area contributed by atoms with Crippen molar-refractivity contribution in [1.82, 2.24) is 4.98 Å². The number of para-hydroxylation sites is 1. The van der Waals surface area contributed by atoms with Crippen molar-refractivity contribution in [2.45, 2.75) is 25.4 Å². The Kier molecular flexibility index (Phi) is 4.36. The lowest BCUT2D eigenvalue weighted by Gasteiger charge is -2.33. The molecular formula is C17H23N3O. The summed E-state index contributed by atoms with van der Waals surface area (Å²) >= 11 is 0. The molecule has 0 atom stereocenters. The molecule has 0 radical (unpaired) electrons. The van der Waals surface area contributed by atoms with Gasteiger partial charge in [-0.05, 0) is 43.5 Å². The smallest absolute Gasteiger partial charge is 0.132 e. The van der Waals surface area contributed by atoms with Crippen LogP contribution in [0.15, 0.2) is 30.3 Å². The van der Waals surface area contributed by atoms with Crippen LogP contribution in [0.5, 0.6) is 0 Å². The molecule has 1 aliphatic rings. The van der Waals surface area contributed by atoms with Crippen LogP contribution in [0.1, 0.15) is 18.4 Å². The Hall–Kier alpha value is -1.65. The second-order valence-electron chi connectivity index (χ2n) is 5.62. The van der Waals surface area contributed by atoms with E-state index in [0.29, 0.717) is 12.6 Å². The number of hydrogen-bond acceptors (Lipinski definition) is 4. The third-order valence-corrected chi connectivity index (χ3v) is 4.27. The summed E-state index contributed by atoms with van der Waals surface area (Å²) in [5, 5.41) is 1.19. The first-order valence-electron chi connectivity index (χ1n) is 7.68. The lowest BCUT2D eigenvalue weighted by atomic mass is 10.0. The zero-order chi connectivity index (χ0) is 14.7. The molecule has 1 aromatic heterocycles. The maximum atomic E-state index is 5.78. The number of hydrogen-bond donors (Lipinski definition) is 1. The molecule has 2 N–H and O–H groups in total. The normalized spacial score (nSPS) is 16.6. The number of pyridine rings is 1. The van der Waals surface area contributed by atoms with E-state index in [1.807, 2.05) is 6.07 Å². The predicted octanol–water partition coefficient (Wildman–Crippen LogP) is 2.35. The van der Waals surface area contributed by atoms with Gasteiger partial charge in [0.15, 0.2) is 0 Å². The molecule has 0 saturated carbocycles. The fraction of sp³-hybridized carbons (Fsp3) is 0.471. The van der Waals surface area contributed by atoms with E-state index in [1.165, 1.54) is 10.9 Å². The number of fused-ring (bicyclic) bond motifs is 1. The molecule has 0 unspecified atom stereocenters. The van der Waals surface area contributed by atoms with E-state index in [1.54, 1.807) is 7.11 Å². The second-order valence-corrected chi connectivity index (χ2v) is 5.62. The Bertz CT molecular complexity index is 606. The van der Waals surface area contributed by atoms with Crippen molar-refractivity contribution in [3.8, 4) is 0 Å². The Morgan fingerprint density at radius 2 is 2.05 bits per heavy atom. The Balaban J connectivity index is 1.94. The lowest BCUT2D eigenvalue weighted by Crippen LogP contribution is -2.37. The van der Waals surface area contributed by atoms with E-state index >= 15 is 0 Å². The summed E-state index contributed by atoms with van der Waals surface area (Å²) in [4.78, 5) is 7.28. The summed E-state index contributed by atoms with van der Waals surface area (Å²) in [6.07, 6.45) is 3.39. The van der Waals surface area contributed by atoms with Gasteiger partial charge in [0.25, 0.3) is 0 Å². The molecule has 3 rings (SSSR count). The van der Waals surface area contributed by atoms with Crippen LogP contribution in [0.25, 0.3) is 10.9 Å². The average molecular weight is 285 g/mol. The Morgan fingerprint density at radius 3 is 2.76 bits per heavy atom. The molecule has 1 aromatic carbocycles. The number of rotatable bonds is 4. The minimum Gasteiger partial charge on any atom is -0.381 e. The van der Waals surface area contributed by atoms with Crippen molar-refractivity contribution in [3.05, 3.63) is 35.9 Å². The number of methoxy groups -OCH3 is 1. The summed E-state index contributed by atoms with van der Waals surface area (Å²) in [5.74, 6) is 1.11. The molecule has 21 heavy (non-hydrogen) atoms. The van der Waals surface area contributed by atoms with E-state index in [0.717, 1.165) is 43.7 Å². The van der Waals surface area contributed by atoms with Gasteiger partial charge >= 0.3 is 0 Å². The van der Waals surface area contributed by atoms with Crippen LogP contribution < -0.4 is 10.6 Å². The van der Waals surface area contributed by atoms with Gasteiger partial charge in [0.2, 0.25) is 0 Å². The zero-order valence-corrected chi connectivity index (χ0v) is 12.6. The van der Waals surface area contributed by atoms with Gasteiger partial charge in [-0.1, -0.05) is 18.2 Å². The van der Waals surface area contributed by atoms with Crippen LogP contribution in [0.2, 0.25) is 0 Å². The van der Waals surface area contributed by atoms with Gasteiger partial charge in [-0.15, -0.1) is 0 Å². The van der Waals surface area contributed by atoms with E-state index in [4.69, 9.17) is 15.5 Å². The van der Waals surface area contributed by atoms with Gasteiger partial charge < -0.3 is 15.4 Å². The molecular weight excluding hydrogens is 262 g/mol. The van der Waals surface area contributed by atoms with E-state index < -0.39 is 0 Å². The third-order valence-electron chi connectivity index (χ3n) is 4.27. The van der Waals surface area contributed by atoms with Crippen molar-refractivity contribution < 1.29 is 4.74 Å². The number of piperidine rings is 1. The highest BCUT2D eigenvalue weighted by atomic mass is 16.5. The standard InChI is InChI=1S/C17H23N3O/c1-21-15-7-10-20(11-8-15)17-14(6-9-18)12-13-4-2-3-5-16(13)19-17/h2-5,12,15H,6-11,18H2,1H3.